The minimum Gasteiger partial charge on any atom is -0.475 e. The van der Waals surface area contributed by atoms with Crippen LogP contribution in [0.4, 0.5) is 53.6 Å². The number of pyridine rings is 3. The van der Waals surface area contributed by atoms with E-state index in [1.807, 2.05) is 79.0 Å². The highest BCUT2D eigenvalue weighted by atomic mass is 35.5. The van der Waals surface area contributed by atoms with E-state index < -0.39 is 28.3 Å². The van der Waals surface area contributed by atoms with Gasteiger partial charge in [-0.2, -0.15) is 13.2 Å². The Morgan fingerprint density at radius 3 is 1.46 bits per heavy atom. The van der Waals surface area contributed by atoms with Crippen LogP contribution < -0.4 is 41.7 Å². The van der Waals surface area contributed by atoms with E-state index >= 15 is 0 Å². The first-order valence-electron chi connectivity index (χ1n) is 32.6. The van der Waals surface area contributed by atoms with Crippen LogP contribution in [0.25, 0.3) is 32.3 Å². The Labute approximate surface area is 602 Å². The number of fused-ring (bicyclic) bond motifs is 3. The Morgan fingerprint density at radius 2 is 1.04 bits per heavy atom. The number of carbonyl (C=O) groups is 4. The number of nitrogens with two attached hydrogens (primary N) is 1. The van der Waals surface area contributed by atoms with Crippen LogP contribution in [0.5, 0.6) is 0 Å². The normalized spacial score (nSPS) is 15.2. The minimum absolute atomic E-state index is 0.151. The van der Waals surface area contributed by atoms with Crippen molar-refractivity contribution in [3.8, 4) is 35.3 Å². The third-order valence-corrected chi connectivity index (χ3v) is 17.4. The number of alkyl halides is 3. The van der Waals surface area contributed by atoms with Gasteiger partial charge in [-0.15, -0.1) is 27.7 Å². The molecule has 103 heavy (non-hydrogen) atoms. The quantitative estimate of drug-likeness (QED) is 0.0355. The zero-order chi connectivity index (χ0) is 74.4. The molecule has 0 radical (unpaired) electrons. The van der Waals surface area contributed by atoms with E-state index in [4.69, 9.17) is 33.7 Å². The largest absolute Gasteiger partial charge is 0.490 e. The second kappa shape index (κ2) is 35.7. The number of amides is 3. The van der Waals surface area contributed by atoms with Gasteiger partial charge in [-0.05, 0) is 144 Å². The third kappa shape index (κ3) is 23.8. The van der Waals surface area contributed by atoms with E-state index in [-0.39, 0.29) is 35.1 Å². The minimum atomic E-state index is -5.08. The lowest BCUT2D eigenvalue weighted by molar-refractivity contribution is -0.192. The molecule has 0 unspecified atom stereocenters. The maximum atomic E-state index is 11.6. The third-order valence-electron chi connectivity index (χ3n) is 15.4. The number of hydrogen-bond acceptors (Lipinski definition) is 19. The molecule has 3 atom stereocenters. The summed E-state index contributed by atoms with van der Waals surface area (Å²) in [6, 6.07) is 23.8. The zero-order valence-corrected chi connectivity index (χ0v) is 60.5. The van der Waals surface area contributed by atoms with E-state index in [0.717, 1.165) is 143 Å². The average molecular weight is 1450 g/mol. The Bertz CT molecular complexity index is 4730. The number of carbonyl (C=O) groups excluding carboxylic acids is 3. The zero-order valence-electron chi connectivity index (χ0n) is 57.8. The number of aromatic nitrogens is 10. The van der Waals surface area contributed by atoms with Crippen molar-refractivity contribution in [3.05, 3.63) is 188 Å². The number of nitrogens with zero attached hydrogens (tertiary/aromatic N) is 13. The van der Waals surface area contributed by atoms with Gasteiger partial charge < -0.3 is 46.8 Å². The molecule has 3 aliphatic heterocycles. The first-order valence-corrected chi connectivity index (χ1v) is 40.0. The number of hydrogen-bond donors (Lipinski definition) is 6. The maximum Gasteiger partial charge on any atom is 0.490 e. The summed E-state index contributed by atoms with van der Waals surface area (Å²) in [6.07, 6.45) is 21.8. The molecule has 23 nitrogen and oxygen atoms in total. The van der Waals surface area contributed by atoms with Crippen LogP contribution in [0.2, 0.25) is 44.6 Å². The highest BCUT2D eigenvalue weighted by Crippen LogP contribution is 2.34. The number of aliphatic carboxylic acids is 1. The average Bonchev–Trinajstić information content (AvgIpc) is 1.74. The van der Waals surface area contributed by atoms with Crippen molar-refractivity contribution in [2.75, 3.05) is 75.2 Å². The summed E-state index contributed by atoms with van der Waals surface area (Å²) in [5.74, 6) is 10.0. The van der Waals surface area contributed by atoms with Gasteiger partial charge in [-0.25, -0.2) is 44.7 Å². The summed E-state index contributed by atoms with van der Waals surface area (Å²) in [4.78, 5) is 85.4. The number of carboxylic acids is 1. The molecular weight excluding hydrogens is 1370 g/mol. The van der Waals surface area contributed by atoms with Crippen molar-refractivity contribution in [3.63, 3.8) is 0 Å². The summed E-state index contributed by atoms with van der Waals surface area (Å²) < 4.78 is 31.7. The van der Waals surface area contributed by atoms with Crippen molar-refractivity contribution >= 4 is 124 Å². The predicted octanol–water partition coefficient (Wildman–Crippen LogP) is 11.6. The van der Waals surface area contributed by atoms with Crippen LogP contribution in [0.15, 0.2) is 160 Å². The van der Waals surface area contributed by atoms with Gasteiger partial charge in [0.05, 0.1) is 17.3 Å². The Kier molecular flexibility index (Phi) is 26.8. The number of carboxylic acid groups (broad SMARTS) is 1. The van der Waals surface area contributed by atoms with Crippen LogP contribution in [-0.2, 0) is 25.6 Å². The molecule has 6 aromatic heterocycles. The van der Waals surface area contributed by atoms with E-state index in [1.54, 1.807) is 37.2 Å². The molecule has 9 heterocycles. The maximum absolute atomic E-state index is 11.6. The molecule has 12 rings (SSSR count). The lowest BCUT2D eigenvalue weighted by Gasteiger charge is -2.20. The molecule has 0 aliphatic carbocycles. The van der Waals surface area contributed by atoms with Crippen molar-refractivity contribution in [2.24, 2.45) is 11.7 Å². The smallest absolute Gasteiger partial charge is 0.475 e. The van der Waals surface area contributed by atoms with Crippen molar-refractivity contribution in [1.29, 1.82) is 0 Å². The van der Waals surface area contributed by atoms with Gasteiger partial charge in [0.1, 0.15) is 39.4 Å². The molecule has 3 amide bonds. The van der Waals surface area contributed by atoms with Crippen LogP contribution in [0, 0.1) is 41.2 Å². The number of benzene rings is 3. The molecule has 3 fully saturated rings. The first-order chi connectivity index (χ1) is 49.0. The molecule has 530 valence electrons. The predicted molar refractivity (Wildman–Crippen MR) is 406 cm³/mol. The Hall–Kier alpha value is -11.5. The van der Waals surface area contributed by atoms with E-state index in [9.17, 15) is 27.6 Å². The molecular formula is C74H78ClF3N18O5Si2. The SMILES string of the molecule is C#Cc1cnc(C[C@@H]2CCN(c3nccc4cc(NC(=O)C=C)ccc34)C2)nc1.C=CC(=O)Nc1ccc2c(N3CC[C@@H](N)C3)nccc2c1.C=CC(=O)Nc1ccc2c(N3CC[C@@H](Nc4ncc(C#C[Si](C)(C)C)cn4)C3)nccc2c1.C[Si](C)(C)C#Cc1cnc(Cl)nn1.O=C(O)C(F)(F)F. The van der Waals surface area contributed by atoms with Crippen LogP contribution in [0.1, 0.15) is 41.9 Å². The molecule has 0 saturated carbocycles. The summed E-state index contributed by atoms with van der Waals surface area (Å²) in [5.41, 5.74) is 16.8. The molecule has 3 saturated heterocycles. The van der Waals surface area contributed by atoms with Gasteiger partial charge in [-0.3, -0.25) is 14.4 Å². The van der Waals surface area contributed by atoms with E-state index in [0.29, 0.717) is 23.1 Å². The van der Waals surface area contributed by atoms with Crippen LogP contribution in [0.3, 0.4) is 0 Å². The van der Waals surface area contributed by atoms with E-state index in [1.165, 1.54) is 24.4 Å². The van der Waals surface area contributed by atoms with E-state index in [2.05, 4.69) is 174 Å². The summed E-state index contributed by atoms with van der Waals surface area (Å²) >= 11 is 5.48. The van der Waals surface area contributed by atoms with Gasteiger partial charge in [0, 0.05) is 134 Å². The number of nitrogens with one attached hydrogen (secondary N) is 4. The monoisotopic (exact) mass is 1450 g/mol. The van der Waals surface area contributed by atoms with Crippen molar-refractivity contribution < 1.29 is 37.5 Å². The molecule has 3 aromatic carbocycles. The molecule has 0 spiro atoms. The highest BCUT2D eigenvalue weighted by Gasteiger charge is 2.38. The fourth-order valence-electron chi connectivity index (χ4n) is 10.6. The van der Waals surface area contributed by atoms with Gasteiger partial charge >= 0.3 is 12.1 Å². The van der Waals surface area contributed by atoms with Crippen molar-refractivity contribution in [1.82, 2.24) is 50.1 Å². The number of terminal acetylenes is 1. The fourth-order valence-corrected chi connectivity index (χ4v) is 11.7. The first kappa shape index (κ1) is 77.3. The van der Waals surface area contributed by atoms with Crippen molar-refractivity contribution in [2.45, 2.75) is 83.2 Å². The highest BCUT2D eigenvalue weighted by molar-refractivity contribution is 6.84. The lowest BCUT2D eigenvalue weighted by Crippen LogP contribution is -2.27. The van der Waals surface area contributed by atoms with Gasteiger partial charge in [0.15, 0.2) is 5.69 Å². The molecule has 3 aliphatic rings. The summed E-state index contributed by atoms with van der Waals surface area (Å²) in [7, 11) is -2.76. The number of anilines is 7. The van der Waals surface area contributed by atoms with Crippen LogP contribution in [-0.4, -0.2) is 153 Å². The molecule has 29 heteroatoms. The lowest BCUT2D eigenvalue weighted by atomic mass is 10.0. The Morgan fingerprint density at radius 1 is 0.602 bits per heavy atom. The Balaban J connectivity index is 0.000000175. The number of rotatable bonds is 13. The number of halogens is 4. The fraction of sp³-hybridized carbons (Fsp3) is 0.270. The molecule has 0 bridgehead atoms. The van der Waals surface area contributed by atoms with Gasteiger partial charge in [0.25, 0.3) is 0 Å². The molecule has 7 N–H and O–H groups in total. The summed E-state index contributed by atoms with van der Waals surface area (Å²) in [6.45, 7) is 28.9. The summed E-state index contributed by atoms with van der Waals surface area (Å²) in [5, 5.41) is 32.8. The van der Waals surface area contributed by atoms with Gasteiger partial charge in [-0.1, -0.05) is 76.8 Å². The standard InChI is InChI=1S/C25H28N6OSi.C23H21N5O.C16H18N4O.C8H10ClN3Si.C2HF3O2/c1-5-23(32)29-20-6-7-22-19(14-20)8-11-26-24(22)31-12-9-21(17-31)30-25-27-15-18(16-28-25)10-13-33(2,3)4;1-3-16-13-25-21(26-14-16)11-17-8-10-28(15-17)23-20-6-5-19(27-22(29)4-2)12-18(20)7-9-24-23;1-2-15(21)19-13-3-4-14-11(9-13)5-7-18-16(14)20-8-6-12(17)10-20;1-13(2,3)5-4-7-6-10-8(9)12-11-7;3-2(4,5)1(6)7/h5-8,11,14-16,21H,1,9,12,17H2,2-4H3,(H,29,32)(H,27,28,30);1,4-7,9,12-14,17H,2,8,10-11,15H2,(H,27,29);2-5,7,9,12H,1,6,8,10,17H2,(H,19,21);6H,1-3H3;(H,6,7)/t21-;17-;12-;;/m101../s1. The van der Waals surface area contributed by atoms with Gasteiger partial charge in [0.2, 0.25) is 29.0 Å². The second-order valence-electron chi connectivity index (χ2n) is 25.9. The van der Waals surface area contributed by atoms with Crippen LogP contribution >= 0.6 is 11.6 Å². The topological polar surface area (TPSA) is 301 Å². The second-order valence-corrected chi connectivity index (χ2v) is 35.7. The molecule has 9 aromatic rings.